The molecular formula is C67H60Si. The van der Waals surface area contributed by atoms with Gasteiger partial charge >= 0.3 is 0 Å². The Morgan fingerprint density at radius 1 is 0.279 bits per heavy atom. The lowest BCUT2D eigenvalue weighted by Gasteiger charge is -2.38. The first-order valence-corrected chi connectivity index (χ1v) is 26.6. The molecule has 0 fully saturated rings. The summed E-state index contributed by atoms with van der Waals surface area (Å²) in [6.07, 6.45) is 12.3. The lowest BCUT2D eigenvalue weighted by molar-refractivity contribution is 1.13. The van der Waals surface area contributed by atoms with Gasteiger partial charge in [-0.15, -0.1) is 0 Å². The molecule has 0 heterocycles. The lowest BCUT2D eigenvalue weighted by atomic mass is 9.99. The van der Waals surface area contributed by atoms with Gasteiger partial charge in [0.25, 0.3) is 0 Å². The first kappa shape index (κ1) is 44.5. The van der Waals surface area contributed by atoms with E-state index in [1.54, 1.807) is 5.20 Å². The van der Waals surface area contributed by atoms with Crippen LogP contribution in [0.1, 0.15) is 86.5 Å². The van der Waals surface area contributed by atoms with Gasteiger partial charge in [-0.05, 0) is 139 Å². The van der Waals surface area contributed by atoms with Gasteiger partial charge in [-0.2, -0.15) is 0 Å². The van der Waals surface area contributed by atoms with Gasteiger partial charge in [0.1, 0.15) is 0 Å². The van der Waals surface area contributed by atoms with Crippen molar-refractivity contribution in [1.29, 1.82) is 0 Å². The second-order valence-electron chi connectivity index (χ2n) is 18.8. The fraction of sp³-hybridized carbons (Fsp3) is 0.134. The Labute approximate surface area is 406 Å². The van der Waals surface area contributed by atoms with Crippen LogP contribution >= 0.6 is 0 Å². The minimum Gasteiger partial charge on any atom is -0.0801 e. The van der Waals surface area contributed by atoms with Crippen LogP contribution in [0.5, 0.6) is 0 Å². The van der Waals surface area contributed by atoms with Crippen molar-refractivity contribution in [2.24, 2.45) is 0 Å². The van der Waals surface area contributed by atoms with E-state index in [1.807, 2.05) is 0 Å². The highest BCUT2D eigenvalue weighted by molar-refractivity contribution is 7.16. The van der Waals surface area contributed by atoms with Gasteiger partial charge in [-0.3, -0.25) is 0 Å². The molecule has 0 aromatic heterocycles. The van der Waals surface area contributed by atoms with E-state index >= 15 is 0 Å². The maximum atomic E-state index is 2.64. The van der Waals surface area contributed by atoms with E-state index in [-0.39, 0.29) is 0 Å². The second kappa shape index (κ2) is 21.1. The van der Waals surface area contributed by atoms with Gasteiger partial charge < -0.3 is 0 Å². The Bertz CT molecular complexity index is 2640. The van der Waals surface area contributed by atoms with Crippen molar-refractivity contribution in [2.45, 2.75) is 58.3 Å². The van der Waals surface area contributed by atoms with Crippen LogP contribution in [0, 0.1) is 0 Å². The number of rotatable bonds is 17. The third-order valence-electron chi connectivity index (χ3n) is 13.8. The standard InChI is InChI=1S/C67H60Si/c1-2-63-34-21-35-67(63)68(64-45-57(36-51-22-9-3-10-23-51)42-58(46-64)37-52-24-11-4-12-25-52,65-47-59(38-53-26-13-5-14-27-53)43-60(48-65)39-54-28-15-6-16-29-54)66-49-61(40-55-30-17-7-18-31-55)44-62(50-66)41-56-32-19-8-20-33-56/h3-20,22-35,42-50H,2,21,36-41H2,1H3. The van der Waals surface area contributed by atoms with Crippen LogP contribution in [0.3, 0.4) is 0 Å². The van der Waals surface area contributed by atoms with E-state index < -0.39 is 8.07 Å². The Hall–Kier alpha value is -7.32. The number of hydrogen-bond acceptors (Lipinski definition) is 0. The smallest absolute Gasteiger partial charge is 0.0801 e. The lowest BCUT2D eigenvalue weighted by Crippen LogP contribution is -2.69. The molecule has 0 nitrogen and oxygen atoms in total. The number of benzene rings is 9. The highest BCUT2D eigenvalue weighted by Crippen LogP contribution is 2.34. The summed E-state index contributed by atoms with van der Waals surface area (Å²) in [6.45, 7) is 2.37. The average Bonchev–Trinajstić information content (AvgIpc) is 3.85. The zero-order valence-electron chi connectivity index (χ0n) is 39.3. The fourth-order valence-corrected chi connectivity index (χ4v) is 16.3. The minimum atomic E-state index is -3.17. The van der Waals surface area contributed by atoms with Crippen LogP contribution in [-0.2, 0) is 38.5 Å². The van der Waals surface area contributed by atoms with Crippen LogP contribution in [-0.4, -0.2) is 8.07 Å². The minimum absolute atomic E-state index is 0.872. The van der Waals surface area contributed by atoms with E-state index in [9.17, 15) is 0 Å². The molecule has 1 heteroatoms. The van der Waals surface area contributed by atoms with Gasteiger partial charge in [-0.25, -0.2) is 0 Å². The summed E-state index contributed by atoms with van der Waals surface area (Å²) >= 11 is 0. The topological polar surface area (TPSA) is 0 Å². The molecule has 0 aliphatic heterocycles. The summed E-state index contributed by atoms with van der Waals surface area (Å²) in [6, 6.07) is 89.8. The normalized spacial score (nSPS) is 12.4. The van der Waals surface area contributed by atoms with Crippen LogP contribution < -0.4 is 15.6 Å². The summed E-state index contributed by atoms with van der Waals surface area (Å²) in [5, 5.41) is 5.95. The van der Waals surface area contributed by atoms with Crippen molar-refractivity contribution < 1.29 is 0 Å². The molecule has 0 spiro atoms. The van der Waals surface area contributed by atoms with Crippen molar-refractivity contribution in [2.75, 3.05) is 0 Å². The molecule has 0 N–H and O–H groups in total. The average molecular weight is 893 g/mol. The van der Waals surface area contributed by atoms with E-state index in [0.717, 1.165) is 51.4 Å². The Kier molecular flexibility index (Phi) is 13.8. The van der Waals surface area contributed by atoms with Gasteiger partial charge in [-0.1, -0.05) is 261 Å². The summed E-state index contributed by atoms with van der Waals surface area (Å²) in [5.74, 6) is 0. The summed E-state index contributed by atoms with van der Waals surface area (Å²) in [4.78, 5) is 0. The molecule has 0 amide bonds. The Balaban J connectivity index is 1.30. The van der Waals surface area contributed by atoms with Gasteiger partial charge in [0.15, 0.2) is 8.07 Å². The molecule has 1 aliphatic carbocycles. The molecule has 68 heavy (non-hydrogen) atoms. The predicted molar refractivity (Wildman–Crippen MR) is 291 cm³/mol. The maximum Gasteiger partial charge on any atom is 0.179 e. The quantitative estimate of drug-likeness (QED) is 0.0631. The van der Waals surface area contributed by atoms with Crippen LogP contribution in [0.25, 0.3) is 0 Å². The van der Waals surface area contributed by atoms with Gasteiger partial charge in [0.2, 0.25) is 0 Å². The summed E-state index contributed by atoms with van der Waals surface area (Å²) in [5.41, 5.74) is 17.7. The van der Waals surface area contributed by atoms with E-state index in [2.05, 4.69) is 256 Å². The molecule has 332 valence electrons. The van der Waals surface area contributed by atoms with E-state index in [0.29, 0.717) is 0 Å². The summed E-state index contributed by atoms with van der Waals surface area (Å²) < 4.78 is 0. The monoisotopic (exact) mass is 892 g/mol. The molecule has 0 atom stereocenters. The van der Waals surface area contributed by atoms with E-state index in [1.165, 1.54) is 87.9 Å². The van der Waals surface area contributed by atoms with Gasteiger partial charge in [0, 0.05) is 0 Å². The van der Waals surface area contributed by atoms with Crippen LogP contribution in [0.4, 0.5) is 0 Å². The molecule has 0 saturated heterocycles. The Morgan fingerprint density at radius 2 is 0.515 bits per heavy atom. The van der Waals surface area contributed by atoms with Crippen LogP contribution in [0.15, 0.2) is 260 Å². The predicted octanol–water partition coefficient (Wildman–Crippen LogP) is 13.9. The zero-order chi connectivity index (χ0) is 46.0. The molecule has 9 aromatic carbocycles. The second-order valence-corrected chi connectivity index (χ2v) is 22.5. The van der Waals surface area contributed by atoms with Crippen molar-refractivity contribution in [3.8, 4) is 0 Å². The molecule has 0 saturated carbocycles. The SMILES string of the molecule is CCC1=CCC=C1[Si](c1cc(Cc2ccccc2)cc(Cc2ccccc2)c1)(c1cc(Cc2ccccc2)cc(Cc2ccccc2)c1)c1cc(Cc2ccccc2)cc(Cc2ccccc2)c1. The fourth-order valence-electron chi connectivity index (χ4n) is 10.8. The zero-order valence-corrected chi connectivity index (χ0v) is 40.3. The van der Waals surface area contributed by atoms with E-state index in [4.69, 9.17) is 0 Å². The molecule has 1 aliphatic rings. The molecule has 9 aromatic rings. The summed E-state index contributed by atoms with van der Waals surface area (Å²) in [7, 11) is -3.17. The molecule has 0 unspecified atom stereocenters. The largest absolute Gasteiger partial charge is 0.179 e. The maximum absolute atomic E-state index is 3.17. The third kappa shape index (κ3) is 10.4. The molecular weight excluding hydrogens is 833 g/mol. The van der Waals surface area contributed by atoms with Crippen LogP contribution in [0.2, 0.25) is 0 Å². The first-order chi connectivity index (χ1) is 33.6. The first-order valence-electron chi connectivity index (χ1n) is 24.6. The highest BCUT2D eigenvalue weighted by Gasteiger charge is 2.46. The number of allylic oxidation sites excluding steroid dienone is 4. The number of hydrogen-bond donors (Lipinski definition) is 0. The van der Waals surface area contributed by atoms with Crippen molar-refractivity contribution in [3.63, 3.8) is 0 Å². The van der Waals surface area contributed by atoms with Crippen molar-refractivity contribution in [1.82, 2.24) is 0 Å². The van der Waals surface area contributed by atoms with Crippen molar-refractivity contribution in [3.05, 3.63) is 326 Å². The molecule has 0 radical (unpaired) electrons. The molecule has 0 bridgehead atoms. The van der Waals surface area contributed by atoms with Gasteiger partial charge in [0.05, 0.1) is 0 Å². The molecule has 10 rings (SSSR count). The highest BCUT2D eigenvalue weighted by atomic mass is 28.3. The van der Waals surface area contributed by atoms with Crippen molar-refractivity contribution >= 4 is 23.6 Å². The third-order valence-corrected chi connectivity index (χ3v) is 18.6. The Morgan fingerprint density at radius 3 is 0.735 bits per heavy atom.